The highest BCUT2D eigenvalue weighted by Gasteiger charge is 2.27. The topological polar surface area (TPSA) is 37.3 Å². The summed E-state index contributed by atoms with van der Waals surface area (Å²) in [6, 6.07) is 5.24. The van der Waals surface area contributed by atoms with Crippen LogP contribution in [-0.2, 0) is 4.79 Å². The molecule has 0 atom stereocenters. The minimum absolute atomic E-state index is 0.422. The average Bonchev–Trinajstić information content (AvgIpc) is 2.16. The van der Waals surface area contributed by atoms with Gasteiger partial charge in [-0.2, -0.15) is 0 Å². The van der Waals surface area contributed by atoms with Gasteiger partial charge in [-0.1, -0.05) is 29.3 Å². The van der Waals surface area contributed by atoms with Gasteiger partial charge in [-0.3, -0.25) is 4.79 Å². The van der Waals surface area contributed by atoms with Crippen molar-refractivity contribution in [2.24, 2.45) is 5.41 Å². The molecule has 0 bridgehead atoms. The van der Waals surface area contributed by atoms with Crippen molar-refractivity contribution in [1.29, 1.82) is 0 Å². The van der Waals surface area contributed by atoms with Gasteiger partial charge < -0.3 is 5.11 Å². The Bertz CT molecular complexity index is 385. The third-order valence-electron chi connectivity index (χ3n) is 2.08. The van der Waals surface area contributed by atoms with Crippen LogP contribution in [0.3, 0.4) is 0 Å². The summed E-state index contributed by atoms with van der Waals surface area (Å²) in [5, 5.41) is 10.1. The lowest BCUT2D eigenvalue weighted by molar-refractivity contribution is -0.145. The SMILES string of the molecule is CC(C)(CSc1c(Cl)cccc1Cl)C(=O)O. The van der Waals surface area contributed by atoms with Crippen molar-refractivity contribution >= 4 is 40.9 Å². The zero-order chi connectivity index (χ0) is 12.3. The zero-order valence-corrected chi connectivity index (χ0v) is 11.3. The van der Waals surface area contributed by atoms with Gasteiger partial charge in [0.15, 0.2) is 0 Å². The quantitative estimate of drug-likeness (QED) is 0.839. The fraction of sp³-hybridized carbons (Fsp3) is 0.364. The highest BCUT2D eigenvalue weighted by Crippen LogP contribution is 2.37. The molecule has 0 heterocycles. The van der Waals surface area contributed by atoms with E-state index in [-0.39, 0.29) is 0 Å². The van der Waals surface area contributed by atoms with Crippen molar-refractivity contribution in [2.75, 3.05) is 5.75 Å². The monoisotopic (exact) mass is 278 g/mol. The van der Waals surface area contributed by atoms with Crippen LogP contribution in [0.25, 0.3) is 0 Å². The van der Waals surface area contributed by atoms with Crippen LogP contribution in [0.1, 0.15) is 13.8 Å². The second-order valence-corrected chi connectivity index (χ2v) is 5.83. The molecule has 88 valence electrons. The Balaban J connectivity index is 2.79. The van der Waals surface area contributed by atoms with Gasteiger partial charge >= 0.3 is 5.97 Å². The number of carboxylic acid groups (broad SMARTS) is 1. The van der Waals surface area contributed by atoms with Crippen molar-refractivity contribution in [3.05, 3.63) is 28.2 Å². The number of halogens is 2. The Kier molecular flexibility index (Phi) is 4.53. The summed E-state index contributed by atoms with van der Waals surface area (Å²) in [5.74, 6) is -0.408. The summed E-state index contributed by atoms with van der Waals surface area (Å²) in [7, 11) is 0. The van der Waals surface area contributed by atoms with E-state index in [4.69, 9.17) is 28.3 Å². The van der Waals surface area contributed by atoms with Crippen LogP contribution in [-0.4, -0.2) is 16.8 Å². The predicted molar refractivity (Wildman–Crippen MR) is 68.6 cm³/mol. The largest absolute Gasteiger partial charge is 0.481 e. The van der Waals surface area contributed by atoms with E-state index in [0.29, 0.717) is 15.8 Å². The van der Waals surface area contributed by atoms with Crippen molar-refractivity contribution in [2.45, 2.75) is 18.7 Å². The molecule has 0 radical (unpaired) electrons. The fourth-order valence-electron chi connectivity index (χ4n) is 0.935. The predicted octanol–water partition coefficient (Wildman–Crippen LogP) is 4.20. The third kappa shape index (κ3) is 3.30. The molecule has 5 heteroatoms. The van der Waals surface area contributed by atoms with E-state index in [1.807, 2.05) is 0 Å². The van der Waals surface area contributed by atoms with Gasteiger partial charge in [0.05, 0.1) is 15.5 Å². The molecule has 0 aliphatic rings. The van der Waals surface area contributed by atoms with Gasteiger partial charge in [0.1, 0.15) is 0 Å². The van der Waals surface area contributed by atoms with Crippen molar-refractivity contribution in [1.82, 2.24) is 0 Å². The number of rotatable bonds is 4. The lowest BCUT2D eigenvalue weighted by atomic mass is 9.97. The van der Waals surface area contributed by atoms with Crippen LogP contribution < -0.4 is 0 Å². The Morgan fingerprint density at radius 1 is 1.38 bits per heavy atom. The first-order chi connectivity index (χ1) is 7.34. The number of hydrogen-bond acceptors (Lipinski definition) is 2. The fourth-order valence-corrected chi connectivity index (χ4v) is 2.70. The van der Waals surface area contributed by atoms with E-state index in [2.05, 4.69) is 0 Å². The lowest BCUT2D eigenvalue weighted by Crippen LogP contribution is -2.26. The third-order valence-corrected chi connectivity index (χ3v) is 4.52. The van der Waals surface area contributed by atoms with Gasteiger partial charge in [0.25, 0.3) is 0 Å². The smallest absolute Gasteiger partial charge is 0.309 e. The molecule has 0 spiro atoms. The summed E-state index contributed by atoms with van der Waals surface area (Å²) in [6.45, 7) is 3.35. The molecular weight excluding hydrogens is 267 g/mol. The highest BCUT2D eigenvalue weighted by molar-refractivity contribution is 7.99. The summed E-state index contributed by atoms with van der Waals surface area (Å²) in [4.78, 5) is 11.7. The van der Waals surface area contributed by atoms with E-state index in [0.717, 1.165) is 4.90 Å². The molecular formula is C11H12Cl2O2S. The van der Waals surface area contributed by atoms with Gasteiger partial charge in [-0.25, -0.2) is 0 Å². The molecule has 0 aromatic heterocycles. The standard InChI is InChI=1S/C11H12Cl2O2S/c1-11(2,10(14)15)6-16-9-7(12)4-3-5-8(9)13/h3-5H,6H2,1-2H3,(H,14,15). The summed E-state index contributed by atoms with van der Waals surface area (Å²) < 4.78 is 0. The van der Waals surface area contributed by atoms with E-state index in [1.54, 1.807) is 32.0 Å². The Labute approximate surface area is 109 Å². The molecule has 1 aromatic carbocycles. The van der Waals surface area contributed by atoms with Crippen molar-refractivity contribution in [3.8, 4) is 0 Å². The summed E-state index contributed by atoms with van der Waals surface area (Å²) in [6.07, 6.45) is 0. The first kappa shape index (κ1) is 13.7. The lowest BCUT2D eigenvalue weighted by Gasteiger charge is -2.18. The molecule has 1 N–H and O–H groups in total. The molecule has 0 saturated heterocycles. The molecule has 0 aliphatic carbocycles. The molecule has 1 aromatic rings. The van der Waals surface area contributed by atoms with Crippen LogP contribution in [0.15, 0.2) is 23.1 Å². The number of aliphatic carboxylic acids is 1. The van der Waals surface area contributed by atoms with E-state index in [9.17, 15) is 4.79 Å². The molecule has 1 rings (SSSR count). The van der Waals surface area contributed by atoms with Gasteiger partial charge in [-0.05, 0) is 26.0 Å². The number of carboxylic acids is 1. The van der Waals surface area contributed by atoms with Crippen LogP contribution in [0.5, 0.6) is 0 Å². The normalized spacial score (nSPS) is 11.5. The Hall–Kier alpha value is -0.380. The van der Waals surface area contributed by atoms with Crippen LogP contribution in [0, 0.1) is 5.41 Å². The molecule has 0 amide bonds. The number of benzene rings is 1. The molecule has 16 heavy (non-hydrogen) atoms. The number of thioether (sulfide) groups is 1. The Morgan fingerprint density at radius 3 is 2.31 bits per heavy atom. The second kappa shape index (κ2) is 5.30. The maximum absolute atomic E-state index is 10.9. The first-order valence-corrected chi connectivity index (χ1v) is 6.39. The van der Waals surface area contributed by atoms with Crippen LogP contribution in [0.4, 0.5) is 0 Å². The maximum Gasteiger partial charge on any atom is 0.309 e. The zero-order valence-electron chi connectivity index (χ0n) is 8.96. The van der Waals surface area contributed by atoms with E-state index in [1.165, 1.54) is 11.8 Å². The minimum atomic E-state index is -0.830. The highest BCUT2D eigenvalue weighted by atomic mass is 35.5. The number of carbonyl (C=O) groups is 1. The van der Waals surface area contributed by atoms with Crippen LogP contribution >= 0.6 is 35.0 Å². The van der Waals surface area contributed by atoms with Crippen molar-refractivity contribution < 1.29 is 9.90 Å². The molecule has 0 fully saturated rings. The van der Waals surface area contributed by atoms with E-state index < -0.39 is 11.4 Å². The van der Waals surface area contributed by atoms with Crippen LogP contribution in [0.2, 0.25) is 10.0 Å². The van der Waals surface area contributed by atoms with Crippen molar-refractivity contribution in [3.63, 3.8) is 0 Å². The molecule has 0 saturated carbocycles. The van der Waals surface area contributed by atoms with Gasteiger partial charge in [0.2, 0.25) is 0 Å². The van der Waals surface area contributed by atoms with Gasteiger partial charge in [-0.15, -0.1) is 11.8 Å². The molecule has 0 aliphatic heterocycles. The average molecular weight is 279 g/mol. The molecule has 2 nitrogen and oxygen atoms in total. The molecule has 0 unspecified atom stereocenters. The maximum atomic E-state index is 10.9. The van der Waals surface area contributed by atoms with Gasteiger partial charge in [0, 0.05) is 10.6 Å². The summed E-state index contributed by atoms with van der Waals surface area (Å²) >= 11 is 13.3. The second-order valence-electron chi connectivity index (χ2n) is 4.03. The minimum Gasteiger partial charge on any atom is -0.481 e. The number of hydrogen-bond donors (Lipinski definition) is 1. The summed E-state index contributed by atoms with van der Waals surface area (Å²) in [5.41, 5.74) is -0.798. The Morgan fingerprint density at radius 2 is 1.88 bits per heavy atom. The van der Waals surface area contributed by atoms with E-state index >= 15 is 0 Å². The first-order valence-electron chi connectivity index (χ1n) is 4.65.